The molecule has 1 aromatic carbocycles. The highest BCUT2D eigenvalue weighted by Crippen LogP contribution is 2.45. The largest absolute Gasteiger partial charge is 0.390 e. The average molecular weight is 424 g/mol. The number of nitriles is 2. The Morgan fingerprint density at radius 3 is 2.81 bits per heavy atom. The smallest absolute Gasteiger partial charge is 0.113 e. The molecular formula is C23H20N8O. The molecule has 0 atom stereocenters. The normalized spacial score (nSPS) is 19.9. The van der Waals surface area contributed by atoms with Crippen molar-refractivity contribution in [2.24, 2.45) is 13.0 Å². The monoisotopic (exact) mass is 424 g/mol. The lowest BCUT2D eigenvalue weighted by Gasteiger charge is -2.42. The summed E-state index contributed by atoms with van der Waals surface area (Å²) in [6.07, 6.45) is 6.71. The number of nitrogens with zero attached hydrogens (tertiary/aromatic N) is 8. The van der Waals surface area contributed by atoms with E-state index in [0.29, 0.717) is 24.2 Å². The van der Waals surface area contributed by atoms with Crippen molar-refractivity contribution in [3.05, 3.63) is 48.5 Å². The predicted molar refractivity (Wildman–Crippen MR) is 115 cm³/mol. The lowest BCUT2D eigenvalue weighted by Crippen LogP contribution is -2.47. The van der Waals surface area contributed by atoms with E-state index < -0.39 is 5.54 Å². The van der Waals surface area contributed by atoms with Crippen LogP contribution in [-0.4, -0.2) is 34.9 Å². The van der Waals surface area contributed by atoms with Crippen LogP contribution in [-0.2, 0) is 19.2 Å². The van der Waals surface area contributed by atoms with Crippen molar-refractivity contribution in [2.45, 2.75) is 31.4 Å². The Labute approximate surface area is 184 Å². The third-order valence-corrected chi connectivity index (χ3v) is 6.12. The molecule has 1 fully saturated rings. The third-order valence-electron chi connectivity index (χ3n) is 6.12. The fourth-order valence-electron chi connectivity index (χ4n) is 4.53. The molecule has 32 heavy (non-hydrogen) atoms. The van der Waals surface area contributed by atoms with E-state index >= 15 is 0 Å². The molecule has 9 nitrogen and oxygen atoms in total. The number of aliphatic hydroxyl groups excluding tert-OH is 1. The summed E-state index contributed by atoms with van der Waals surface area (Å²) in [4.78, 5) is 6.13. The molecule has 0 amide bonds. The van der Waals surface area contributed by atoms with Crippen molar-refractivity contribution in [3.8, 4) is 34.5 Å². The number of hydrogen-bond donors (Lipinski definition) is 1. The molecule has 1 N–H and O–H groups in total. The maximum absolute atomic E-state index is 9.75. The van der Waals surface area contributed by atoms with Gasteiger partial charge in [-0.05, 0) is 36.6 Å². The van der Waals surface area contributed by atoms with Crippen LogP contribution in [0, 0.1) is 28.6 Å². The number of hydrogen-bond acceptors (Lipinski definition) is 7. The van der Waals surface area contributed by atoms with Gasteiger partial charge in [0, 0.05) is 36.0 Å². The second-order valence-electron chi connectivity index (χ2n) is 8.23. The number of aromatic nitrogens is 6. The molecule has 0 aliphatic heterocycles. The van der Waals surface area contributed by atoms with Gasteiger partial charge in [0.05, 0.1) is 54.0 Å². The van der Waals surface area contributed by atoms with Gasteiger partial charge in [0.25, 0.3) is 0 Å². The van der Waals surface area contributed by atoms with Gasteiger partial charge in [0.2, 0.25) is 0 Å². The third kappa shape index (κ3) is 3.11. The molecule has 0 bridgehead atoms. The number of aryl methyl sites for hydroxylation is 1. The highest BCUT2D eigenvalue weighted by molar-refractivity contribution is 5.97. The van der Waals surface area contributed by atoms with Crippen LogP contribution >= 0.6 is 0 Å². The molecule has 158 valence electrons. The van der Waals surface area contributed by atoms with E-state index in [2.05, 4.69) is 27.3 Å². The molecule has 0 spiro atoms. The Balaban J connectivity index is 1.64. The first-order chi connectivity index (χ1) is 15.6. The summed E-state index contributed by atoms with van der Waals surface area (Å²) >= 11 is 0. The fourth-order valence-corrected chi connectivity index (χ4v) is 4.53. The summed E-state index contributed by atoms with van der Waals surface area (Å²) in [6, 6.07) is 12.3. The van der Waals surface area contributed by atoms with Gasteiger partial charge >= 0.3 is 0 Å². The standard InChI is InChI=1S/C23H20N8O/c1-30-13-19(22(14-32)28-30)16-7-18(17-3-2-6-26-20(17)8-16)21-12-27-31(29-21)23(4-5-24)9-15(10-23)11-25/h2-3,6-8,12-13,15,32H,4,9-10,14H2,1H3/t15-,23-. The minimum atomic E-state index is -0.535. The van der Waals surface area contributed by atoms with E-state index in [1.54, 1.807) is 21.9 Å². The quantitative estimate of drug-likeness (QED) is 0.521. The van der Waals surface area contributed by atoms with Gasteiger partial charge in [-0.25, -0.2) is 0 Å². The van der Waals surface area contributed by atoms with E-state index in [0.717, 1.165) is 27.6 Å². The van der Waals surface area contributed by atoms with E-state index in [9.17, 15) is 15.6 Å². The minimum Gasteiger partial charge on any atom is -0.390 e. The molecule has 5 rings (SSSR count). The fraction of sp³-hybridized carbons (Fsp3) is 0.304. The Morgan fingerprint density at radius 2 is 2.06 bits per heavy atom. The molecule has 1 aliphatic carbocycles. The number of fused-ring (bicyclic) bond motifs is 1. The summed E-state index contributed by atoms with van der Waals surface area (Å²) in [6.45, 7) is -0.168. The molecule has 3 aromatic heterocycles. The van der Waals surface area contributed by atoms with Gasteiger partial charge in [0.15, 0.2) is 0 Å². The summed E-state index contributed by atoms with van der Waals surface area (Å²) in [5.74, 6) is -0.0753. The molecule has 0 radical (unpaired) electrons. The van der Waals surface area contributed by atoms with Crippen LogP contribution in [0.2, 0.25) is 0 Å². The van der Waals surface area contributed by atoms with Crippen molar-refractivity contribution in [3.63, 3.8) is 0 Å². The van der Waals surface area contributed by atoms with Crippen molar-refractivity contribution >= 4 is 10.9 Å². The predicted octanol–water partition coefficient (Wildman–Crippen LogP) is 2.93. The Hall–Kier alpha value is -4.08. The van der Waals surface area contributed by atoms with Gasteiger partial charge in [-0.1, -0.05) is 6.07 Å². The van der Waals surface area contributed by atoms with E-state index in [1.165, 1.54) is 0 Å². The van der Waals surface area contributed by atoms with Crippen LogP contribution in [0.4, 0.5) is 0 Å². The maximum atomic E-state index is 9.75. The number of benzene rings is 1. The van der Waals surface area contributed by atoms with Gasteiger partial charge in [-0.3, -0.25) is 9.67 Å². The molecule has 1 saturated carbocycles. The molecule has 3 heterocycles. The van der Waals surface area contributed by atoms with Gasteiger partial charge in [-0.15, -0.1) is 0 Å². The molecule has 4 aromatic rings. The molecular weight excluding hydrogens is 404 g/mol. The van der Waals surface area contributed by atoms with E-state index in [1.807, 2.05) is 37.5 Å². The van der Waals surface area contributed by atoms with Crippen LogP contribution in [0.15, 0.2) is 42.9 Å². The Morgan fingerprint density at radius 1 is 1.22 bits per heavy atom. The molecule has 0 unspecified atom stereocenters. The number of rotatable bonds is 5. The van der Waals surface area contributed by atoms with Crippen LogP contribution in [0.1, 0.15) is 25.0 Å². The van der Waals surface area contributed by atoms with Crippen LogP contribution in [0.25, 0.3) is 33.3 Å². The number of pyridine rings is 1. The summed E-state index contributed by atoms with van der Waals surface area (Å²) in [5.41, 5.74) is 4.06. The van der Waals surface area contributed by atoms with Crippen molar-refractivity contribution in [2.75, 3.05) is 0 Å². The van der Waals surface area contributed by atoms with Crippen molar-refractivity contribution in [1.29, 1.82) is 10.5 Å². The summed E-state index contributed by atoms with van der Waals surface area (Å²) < 4.78 is 1.67. The lowest BCUT2D eigenvalue weighted by atomic mass is 9.68. The summed E-state index contributed by atoms with van der Waals surface area (Å²) in [7, 11) is 1.82. The topological polar surface area (TPSA) is 129 Å². The first-order valence-electron chi connectivity index (χ1n) is 10.3. The maximum Gasteiger partial charge on any atom is 0.113 e. The molecule has 9 heteroatoms. The number of aliphatic hydroxyl groups is 1. The zero-order valence-electron chi connectivity index (χ0n) is 17.5. The minimum absolute atomic E-state index is 0.0753. The van der Waals surface area contributed by atoms with Crippen LogP contribution in [0.3, 0.4) is 0 Å². The second kappa shape index (κ2) is 7.56. The SMILES string of the molecule is Cn1cc(-c2cc(-c3cnn([C@]4(CC#N)C[C@@H](C#N)C4)n3)c3cccnc3c2)c(CO)n1. The van der Waals surface area contributed by atoms with Crippen molar-refractivity contribution in [1.82, 2.24) is 29.8 Å². The molecule has 0 saturated heterocycles. The second-order valence-corrected chi connectivity index (χ2v) is 8.23. The Kier molecular flexibility index (Phi) is 4.69. The summed E-state index contributed by atoms with van der Waals surface area (Å²) in [5, 5.41) is 42.8. The van der Waals surface area contributed by atoms with Crippen LogP contribution < -0.4 is 0 Å². The highest BCUT2D eigenvalue weighted by atomic mass is 16.3. The van der Waals surface area contributed by atoms with Crippen LogP contribution in [0.5, 0.6) is 0 Å². The van der Waals surface area contributed by atoms with Gasteiger partial charge in [0.1, 0.15) is 5.69 Å². The van der Waals surface area contributed by atoms with E-state index in [-0.39, 0.29) is 18.9 Å². The first-order valence-corrected chi connectivity index (χ1v) is 10.3. The van der Waals surface area contributed by atoms with Crippen molar-refractivity contribution < 1.29 is 5.11 Å². The molecule has 1 aliphatic rings. The zero-order chi connectivity index (χ0) is 22.3. The van der Waals surface area contributed by atoms with Gasteiger partial charge in [-0.2, -0.15) is 30.6 Å². The van der Waals surface area contributed by atoms with E-state index in [4.69, 9.17) is 5.10 Å². The Bertz CT molecular complexity index is 1400. The highest BCUT2D eigenvalue weighted by Gasteiger charge is 2.48. The average Bonchev–Trinajstić information content (AvgIpc) is 3.42. The lowest BCUT2D eigenvalue weighted by molar-refractivity contribution is 0.0713. The zero-order valence-corrected chi connectivity index (χ0v) is 17.5. The first kappa shape index (κ1) is 19.9. The van der Waals surface area contributed by atoms with Gasteiger partial charge < -0.3 is 5.11 Å².